The number of aliphatic hydroxyl groups is 1. The molecule has 11 heteroatoms. The molecule has 0 radical (unpaired) electrons. The number of aromatic nitrogens is 3. The van der Waals surface area contributed by atoms with Crippen LogP contribution in [-0.4, -0.2) is 33.6 Å². The minimum atomic E-state index is -4.44. The van der Waals surface area contributed by atoms with Gasteiger partial charge in [0.15, 0.2) is 11.5 Å². The first-order valence-corrected chi connectivity index (χ1v) is 13.2. The number of oxazole rings is 1. The number of nitrogens with zero attached hydrogens (tertiary/aromatic N) is 3. The van der Waals surface area contributed by atoms with Crippen molar-refractivity contribution >= 4 is 6.08 Å². The van der Waals surface area contributed by atoms with Gasteiger partial charge in [-0.05, 0) is 67.1 Å². The lowest BCUT2D eigenvalue weighted by atomic mass is 10.2. The maximum Gasteiger partial charge on any atom is 0.416 e. The van der Waals surface area contributed by atoms with Crippen LogP contribution in [0.1, 0.15) is 28.1 Å². The van der Waals surface area contributed by atoms with Gasteiger partial charge in [-0.3, -0.25) is 0 Å². The predicted molar refractivity (Wildman–Crippen MR) is 153 cm³/mol. The van der Waals surface area contributed by atoms with Crippen LogP contribution in [-0.2, 0) is 19.4 Å². The van der Waals surface area contributed by atoms with Crippen LogP contribution in [0.2, 0.25) is 0 Å². The standard InChI is InChI=1S/C32H28F3N3O5/c1-21-27(36-30(43-21)23-7-4-3-5-8-23)20-41-28-15-10-22(17-29(28)40-2)19-42-31-24(9-6-16-39)18-38(37-31)26-13-11-25(12-14-26)32(33,34)35/h3-15,17-18,39H,16,19-20H2,1-2H3/b9-6+. The summed E-state index contributed by atoms with van der Waals surface area (Å²) >= 11 is 0. The van der Waals surface area contributed by atoms with E-state index in [2.05, 4.69) is 10.1 Å². The fraction of sp³-hybridized carbons (Fsp3) is 0.188. The highest BCUT2D eigenvalue weighted by molar-refractivity contribution is 5.55. The van der Waals surface area contributed by atoms with Crippen LogP contribution in [0.25, 0.3) is 23.2 Å². The SMILES string of the molecule is COc1cc(COc2nn(-c3ccc(C(F)(F)F)cc3)cc2/C=C/CO)ccc1OCc1nc(-c2ccccc2)oc1C. The molecule has 2 heterocycles. The predicted octanol–water partition coefficient (Wildman–Crippen LogP) is 7.03. The second kappa shape index (κ2) is 12.9. The van der Waals surface area contributed by atoms with Crippen molar-refractivity contribution in [2.24, 2.45) is 0 Å². The lowest BCUT2D eigenvalue weighted by molar-refractivity contribution is -0.137. The molecule has 0 aliphatic rings. The second-order valence-corrected chi connectivity index (χ2v) is 9.41. The van der Waals surface area contributed by atoms with Crippen molar-refractivity contribution in [2.75, 3.05) is 13.7 Å². The minimum absolute atomic E-state index is 0.115. The molecule has 3 aromatic carbocycles. The second-order valence-electron chi connectivity index (χ2n) is 9.41. The number of hydrogen-bond donors (Lipinski definition) is 1. The van der Waals surface area contributed by atoms with E-state index in [1.807, 2.05) is 43.3 Å². The van der Waals surface area contributed by atoms with Crippen LogP contribution in [0.15, 0.2) is 89.5 Å². The summed E-state index contributed by atoms with van der Waals surface area (Å²) in [7, 11) is 1.53. The molecule has 5 rings (SSSR count). The molecule has 0 spiro atoms. The molecular formula is C32H28F3N3O5. The first-order valence-electron chi connectivity index (χ1n) is 13.2. The van der Waals surface area contributed by atoms with Crippen molar-refractivity contribution in [3.63, 3.8) is 0 Å². The normalized spacial score (nSPS) is 11.7. The zero-order chi connectivity index (χ0) is 30.4. The van der Waals surface area contributed by atoms with E-state index in [1.165, 1.54) is 30.0 Å². The van der Waals surface area contributed by atoms with Gasteiger partial charge in [-0.1, -0.05) is 30.3 Å². The van der Waals surface area contributed by atoms with Gasteiger partial charge >= 0.3 is 6.18 Å². The summed E-state index contributed by atoms with van der Waals surface area (Å²) < 4.78 is 63.6. The fourth-order valence-electron chi connectivity index (χ4n) is 4.20. The van der Waals surface area contributed by atoms with Gasteiger partial charge in [-0.25, -0.2) is 9.67 Å². The van der Waals surface area contributed by atoms with Crippen molar-refractivity contribution in [2.45, 2.75) is 26.3 Å². The summed E-state index contributed by atoms with van der Waals surface area (Å²) in [5, 5.41) is 13.6. The lowest BCUT2D eigenvalue weighted by Gasteiger charge is -2.12. The largest absolute Gasteiger partial charge is 0.493 e. The molecule has 0 aliphatic heterocycles. The molecule has 0 unspecified atom stereocenters. The highest BCUT2D eigenvalue weighted by Gasteiger charge is 2.30. The molecule has 0 saturated heterocycles. The van der Waals surface area contributed by atoms with E-state index in [-0.39, 0.29) is 25.7 Å². The number of benzene rings is 3. The Hall–Kier alpha value is -5.03. The van der Waals surface area contributed by atoms with Gasteiger partial charge in [0.2, 0.25) is 11.8 Å². The maximum atomic E-state index is 13.0. The van der Waals surface area contributed by atoms with E-state index in [0.29, 0.717) is 40.1 Å². The summed E-state index contributed by atoms with van der Waals surface area (Å²) in [6.07, 6.45) is 0.302. The molecule has 43 heavy (non-hydrogen) atoms. The summed E-state index contributed by atoms with van der Waals surface area (Å²) in [6, 6.07) is 19.6. The number of rotatable bonds is 11. The van der Waals surface area contributed by atoms with E-state index in [4.69, 9.17) is 18.6 Å². The fourth-order valence-corrected chi connectivity index (χ4v) is 4.20. The Morgan fingerprint density at radius 3 is 2.42 bits per heavy atom. The number of halogens is 3. The summed E-state index contributed by atoms with van der Waals surface area (Å²) in [5.74, 6) is 2.41. The van der Waals surface area contributed by atoms with Gasteiger partial charge in [0.25, 0.3) is 0 Å². The van der Waals surface area contributed by atoms with E-state index >= 15 is 0 Å². The number of ether oxygens (including phenoxy) is 3. The molecule has 1 N–H and O–H groups in total. The van der Waals surface area contributed by atoms with Crippen LogP contribution in [0.4, 0.5) is 13.2 Å². The van der Waals surface area contributed by atoms with E-state index in [0.717, 1.165) is 23.3 Å². The van der Waals surface area contributed by atoms with E-state index in [9.17, 15) is 18.3 Å². The molecule has 0 amide bonds. The Morgan fingerprint density at radius 2 is 1.72 bits per heavy atom. The zero-order valence-corrected chi connectivity index (χ0v) is 23.3. The summed E-state index contributed by atoms with van der Waals surface area (Å²) in [6.45, 7) is 1.92. The van der Waals surface area contributed by atoms with E-state index in [1.54, 1.807) is 24.4 Å². The highest BCUT2D eigenvalue weighted by Crippen LogP contribution is 2.32. The number of aliphatic hydroxyl groups excluding tert-OH is 1. The van der Waals surface area contributed by atoms with Gasteiger partial charge in [0.1, 0.15) is 24.7 Å². The first-order chi connectivity index (χ1) is 20.7. The average molecular weight is 592 g/mol. The van der Waals surface area contributed by atoms with Gasteiger partial charge in [0, 0.05) is 11.8 Å². The third-order valence-electron chi connectivity index (χ3n) is 6.45. The van der Waals surface area contributed by atoms with Crippen molar-refractivity contribution in [3.05, 3.63) is 113 Å². The minimum Gasteiger partial charge on any atom is -0.493 e. The average Bonchev–Trinajstić information content (AvgIpc) is 3.61. The van der Waals surface area contributed by atoms with Gasteiger partial charge in [-0.15, -0.1) is 5.10 Å². The Bertz CT molecular complexity index is 1690. The lowest BCUT2D eigenvalue weighted by Crippen LogP contribution is -2.05. The molecular weight excluding hydrogens is 563 g/mol. The highest BCUT2D eigenvalue weighted by atomic mass is 19.4. The molecule has 0 bridgehead atoms. The van der Waals surface area contributed by atoms with Crippen LogP contribution in [0.5, 0.6) is 17.4 Å². The molecule has 8 nitrogen and oxygen atoms in total. The number of aryl methyl sites for hydroxylation is 1. The molecule has 222 valence electrons. The Kier molecular flexibility index (Phi) is 8.82. The quantitative estimate of drug-likeness (QED) is 0.176. The van der Waals surface area contributed by atoms with Crippen molar-refractivity contribution < 1.29 is 36.9 Å². The third kappa shape index (κ3) is 7.07. The van der Waals surface area contributed by atoms with Crippen LogP contribution < -0.4 is 14.2 Å². The summed E-state index contributed by atoms with van der Waals surface area (Å²) in [5.41, 5.74) is 2.50. The molecule has 0 atom stereocenters. The zero-order valence-electron chi connectivity index (χ0n) is 23.3. The smallest absolute Gasteiger partial charge is 0.416 e. The van der Waals surface area contributed by atoms with E-state index < -0.39 is 11.7 Å². The maximum absolute atomic E-state index is 13.0. The van der Waals surface area contributed by atoms with Gasteiger partial charge in [-0.2, -0.15) is 13.2 Å². The Balaban J connectivity index is 1.28. The van der Waals surface area contributed by atoms with Crippen LogP contribution in [0.3, 0.4) is 0 Å². The molecule has 2 aromatic heterocycles. The number of alkyl halides is 3. The van der Waals surface area contributed by atoms with Gasteiger partial charge < -0.3 is 23.7 Å². The Labute approximate surface area is 245 Å². The molecule has 0 fully saturated rings. The molecule has 0 saturated carbocycles. The van der Waals surface area contributed by atoms with Crippen molar-refractivity contribution in [1.29, 1.82) is 0 Å². The molecule has 5 aromatic rings. The Morgan fingerprint density at radius 1 is 0.953 bits per heavy atom. The van der Waals surface area contributed by atoms with Crippen molar-refractivity contribution in [1.82, 2.24) is 14.8 Å². The van der Waals surface area contributed by atoms with Crippen LogP contribution in [0, 0.1) is 6.92 Å². The third-order valence-corrected chi connectivity index (χ3v) is 6.45. The molecule has 0 aliphatic carbocycles. The van der Waals surface area contributed by atoms with Gasteiger partial charge in [0.05, 0.1) is 30.5 Å². The van der Waals surface area contributed by atoms with Crippen molar-refractivity contribution in [3.8, 4) is 34.5 Å². The monoisotopic (exact) mass is 591 g/mol. The topological polar surface area (TPSA) is 91.8 Å². The summed E-state index contributed by atoms with van der Waals surface area (Å²) in [4.78, 5) is 4.57. The number of hydrogen-bond acceptors (Lipinski definition) is 7. The van der Waals surface area contributed by atoms with Crippen LogP contribution >= 0.6 is 0 Å². The number of methoxy groups -OCH3 is 1. The first kappa shape index (κ1) is 29.5.